The van der Waals surface area contributed by atoms with Gasteiger partial charge < -0.3 is 9.55 Å². The number of nitrogens with zero attached hydrogens (tertiary/aromatic N) is 1. The molecular formula is C14H8Cl2F2N2S. The molecule has 2 nitrogen and oxygen atoms in total. The lowest BCUT2D eigenvalue weighted by Gasteiger charge is -2.06. The maximum atomic E-state index is 13.6. The van der Waals surface area contributed by atoms with Gasteiger partial charge in [0.1, 0.15) is 11.6 Å². The molecule has 0 aliphatic rings. The Labute approximate surface area is 133 Å². The number of hydrogen-bond acceptors (Lipinski definition) is 1. The van der Waals surface area contributed by atoms with Crippen LogP contribution < -0.4 is 0 Å². The van der Waals surface area contributed by atoms with E-state index in [0.29, 0.717) is 22.3 Å². The van der Waals surface area contributed by atoms with Crippen molar-refractivity contribution >= 4 is 46.5 Å². The zero-order chi connectivity index (χ0) is 15.1. The van der Waals surface area contributed by atoms with Gasteiger partial charge in [0.25, 0.3) is 0 Å². The molecule has 1 N–H and O–H groups in total. The van der Waals surface area contributed by atoms with Crippen LogP contribution in [0.2, 0.25) is 10.0 Å². The molecule has 2 aromatic carbocycles. The molecule has 3 aromatic rings. The van der Waals surface area contributed by atoms with Gasteiger partial charge in [-0.15, -0.1) is 0 Å². The number of benzene rings is 2. The highest BCUT2D eigenvalue weighted by Gasteiger charge is 2.10. The Hall–Kier alpha value is -1.43. The first-order valence-corrected chi connectivity index (χ1v) is 7.13. The molecular weight excluding hydrogens is 337 g/mol. The van der Waals surface area contributed by atoms with Crippen molar-refractivity contribution in [3.05, 3.63) is 62.3 Å². The van der Waals surface area contributed by atoms with Crippen LogP contribution in [0.25, 0.3) is 11.0 Å². The molecule has 21 heavy (non-hydrogen) atoms. The minimum Gasteiger partial charge on any atom is -0.331 e. The first-order valence-electron chi connectivity index (χ1n) is 5.97. The number of hydrogen-bond donors (Lipinski definition) is 1. The fourth-order valence-electron chi connectivity index (χ4n) is 2.13. The molecule has 0 atom stereocenters. The van der Waals surface area contributed by atoms with E-state index in [1.165, 1.54) is 24.3 Å². The van der Waals surface area contributed by atoms with Crippen molar-refractivity contribution in [1.82, 2.24) is 9.55 Å². The number of H-pyrrole nitrogens is 1. The molecule has 0 spiro atoms. The van der Waals surface area contributed by atoms with Gasteiger partial charge in [-0.3, -0.25) is 0 Å². The zero-order valence-corrected chi connectivity index (χ0v) is 12.8. The van der Waals surface area contributed by atoms with Crippen LogP contribution in [-0.2, 0) is 6.54 Å². The lowest BCUT2D eigenvalue weighted by atomic mass is 10.2. The Morgan fingerprint density at radius 2 is 1.76 bits per heavy atom. The highest BCUT2D eigenvalue weighted by atomic mass is 35.5. The van der Waals surface area contributed by atoms with Gasteiger partial charge in [-0.05, 0) is 36.0 Å². The van der Waals surface area contributed by atoms with E-state index < -0.39 is 11.6 Å². The Balaban J connectivity index is 2.11. The third kappa shape index (κ3) is 2.69. The summed E-state index contributed by atoms with van der Waals surface area (Å²) >= 11 is 16.7. The molecule has 0 bridgehead atoms. The number of rotatable bonds is 2. The summed E-state index contributed by atoms with van der Waals surface area (Å²) in [6.45, 7) is 0.347. The highest BCUT2D eigenvalue weighted by molar-refractivity contribution is 7.71. The number of nitrogens with one attached hydrogen (secondary N) is 1. The summed E-state index contributed by atoms with van der Waals surface area (Å²) in [5.74, 6) is -1.01. The molecule has 0 saturated carbocycles. The number of imidazole rings is 1. The van der Waals surface area contributed by atoms with E-state index in [0.717, 1.165) is 5.56 Å². The van der Waals surface area contributed by atoms with Crippen LogP contribution in [0.4, 0.5) is 8.78 Å². The second-order valence-corrected chi connectivity index (χ2v) is 5.75. The molecule has 3 rings (SSSR count). The average molecular weight is 345 g/mol. The average Bonchev–Trinajstić information content (AvgIpc) is 2.71. The van der Waals surface area contributed by atoms with Crippen molar-refractivity contribution in [1.29, 1.82) is 0 Å². The van der Waals surface area contributed by atoms with Gasteiger partial charge >= 0.3 is 0 Å². The standard InChI is InChI=1S/C14H8Cl2F2N2S/c15-8-3-7(1-2-10(8)17)6-20-13-5-11(18)9(16)4-12(13)19-14(20)21/h1-5H,6H2,(H,19,21). The molecule has 0 fully saturated rings. The van der Waals surface area contributed by atoms with Crippen LogP contribution in [0.15, 0.2) is 30.3 Å². The van der Waals surface area contributed by atoms with Crippen LogP contribution >= 0.6 is 35.4 Å². The Morgan fingerprint density at radius 3 is 2.48 bits per heavy atom. The first-order chi connectivity index (χ1) is 9.95. The van der Waals surface area contributed by atoms with Crippen LogP contribution in [-0.4, -0.2) is 9.55 Å². The maximum absolute atomic E-state index is 13.6. The predicted molar refractivity (Wildman–Crippen MR) is 82.6 cm³/mol. The van der Waals surface area contributed by atoms with Crippen molar-refractivity contribution in [2.24, 2.45) is 0 Å². The van der Waals surface area contributed by atoms with Gasteiger partial charge in [0.15, 0.2) is 4.77 Å². The lowest BCUT2D eigenvalue weighted by molar-refractivity contribution is 0.626. The van der Waals surface area contributed by atoms with Crippen LogP contribution in [0, 0.1) is 16.4 Å². The summed E-state index contributed by atoms with van der Waals surface area (Å²) in [5, 5.41) is 0.0591. The topological polar surface area (TPSA) is 20.7 Å². The van der Waals surface area contributed by atoms with Crippen molar-refractivity contribution in [3.63, 3.8) is 0 Å². The van der Waals surface area contributed by atoms with Gasteiger partial charge in [0, 0.05) is 6.07 Å². The zero-order valence-electron chi connectivity index (χ0n) is 10.5. The van der Waals surface area contributed by atoms with Crippen molar-refractivity contribution in [2.45, 2.75) is 6.54 Å². The second-order valence-electron chi connectivity index (χ2n) is 4.55. The van der Waals surface area contributed by atoms with Crippen molar-refractivity contribution < 1.29 is 8.78 Å². The summed E-state index contributed by atoms with van der Waals surface area (Å²) in [4.78, 5) is 2.96. The van der Waals surface area contributed by atoms with Crippen molar-refractivity contribution in [3.8, 4) is 0 Å². The first kappa shape index (κ1) is 14.5. The Kier molecular flexibility index (Phi) is 3.73. The van der Waals surface area contributed by atoms with E-state index in [2.05, 4.69) is 4.98 Å². The quantitative estimate of drug-likeness (QED) is 0.623. The second kappa shape index (κ2) is 5.40. The summed E-state index contributed by atoms with van der Waals surface area (Å²) in [7, 11) is 0. The third-order valence-electron chi connectivity index (χ3n) is 3.14. The lowest BCUT2D eigenvalue weighted by Crippen LogP contribution is -2.00. The minimum absolute atomic E-state index is 0.0238. The van der Waals surface area contributed by atoms with E-state index in [-0.39, 0.29) is 10.0 Å². The predicted octanol–water partition coefficient (Wildman–Crippen LogP) is 5.33. The normalized spacial score (nSPS) is 11.2. The third-order valence-corrected chi connectivity index (χ3v) is 4.04. The van der Waals surface area contributed by atoms with E-state index in [9.17, 15) is 8.78 Å². The van der Waals surface area contributed by atoms with Crippen molar-refractivity contribution in [2.75, 3.05) is 0 Å². The molecule has 1 heterocycles. The smallest absolute Gasteiger partial charge is 0.178 e. The Morgan fingerprint density at radius 1 is 1.05 bits per heavy atom. The summed E-state index contributed by atoms with van der Waals surface area (Å²) in [6, 6.07) is 7.21. The van der Waals surface area contributed by atoms with Crippen LogP contribution in [0.1, 0.15) is 5.56 Å². The molecule has 1 aromatic heterocycles. The molecule has 7 heteroatoms. The molecule has 0 unspecified atom stereocenters. The molecule has 0 aliphatic carbocycles. The molecule has 0 saturated heterocycles. The van der Waals surface area contributed by atoms with E-state index in [1.54, 1.807) is 10.6 Å². The largest absolute Gasteiger partial charge is 0.331 e. The molecule has 0 aliphatic heterocycles. The van der Waals surface area contributed by atoms with Gasteiger partial charge in [-0.25, -0.2) is 8.78 Å². The van der Waals surface area contributed by atoms with Crippen LogP contribution in [0.3, 0.4) is 0 Å². The molecule has 108 valence electrons. The van der Waals surface area contributed by atoms with E-state index in [4.69, 9.17) is 35.4 Å². The summed E-state index contributed by atoms with van der Waals surface area (Å²) in [5.41, 5.74) is 1.98. The molecule has 0 amide bonds. The summed E-state index contributed by atoms with van der Waals surface area (Å²) in [6.07, 6.45) is 0. The van der Waals surface area contributed by atoms with Gasteiger partial charge in [-0.2, -0.15) is 0 Å². The van der Waals surface area contributed by atoms with Gasteiger partial charge in [0.05, 0.1) is 27.6 Å². The Bertz CT molecular complexity index is 902. The maximum Gasteiger partial charge on any atom is 0.178 e. The van der Waals surface area contributed by atoms with E-state index >= 15 is 0 Å². The summed E-state index contributed by atoms with van der Waals surface area (Å²) < 4.78 is 28.9. The number of aromatic nitrogens is 2. The monoisotopic (exact) mass is 344 g/mol. The van der Waals surface area contributed by atoms with Gasteiger partial charge in [-0.1, -0.05) is 29.3 Å². The number of fused-ring (bicyclic) bond motifs is 1. The SMILES string of the molecule is Fc1ccc(Cn2c(=S)[nH]c3cc(Cl)c(F)cc32)cc1Cl. The van der Waals surface area contributed by atoms with Gasteiger partial charge in [0.2, 0.25) is 0 Å². The fraction of sp³-hybridized carbons (Fsp3) is 0.0714. The fourth-order valence-corrected chi connectivity index (χ4v) is 2.77. The highest BCUT2D eigenvalue weighted by Crippen LogP contribution is 2.24. The van der Waals surface area contributed by atoms with E-state index in [1.807, 2.05) is 0 Å². The molecule has 0 radical (unpaired) electrons. The van der Waals surface area contributed by atoms with Crippen LogP contribution in [0.5, 0.6) is 0 Å². The minimum atomic E-state index is -0.524. The number of aromatic amines is 1. The number of halogens is 4.